The number of aromatic nitrogens is 2. The molecule has 1 saturated heterocycles. The van der Waals surface area contributed by atoms with E-state index in [1.165, 1.54) is 12.1 Å². The van der Waals surface area contributed by atoms with Crippen molar-refractivity contribution in [1.29, 1.82) is 0 Å². The van der Waals surface area contributed by atoms with Crippen molar-refractivity contribution < 1.29 is 22.6 Å². The molecule has 1 aromatic carbocycles. The van der Waals surface area contributed by atoms with Gasteiger partial charge in [-0.15, -0.1) is 13.2 Å². The molecule has 1 aromatic heterocycles. The van der Waals surface area contributed by atoms with Gasteiger partial charge in [-0.3, -0.25) is 0 Å². The van der Waals surface area contributed by atoms with Gasteiger partial charge in [0.1, 0.15) is 17.7 Å². The molecular weight excluding hydrogens is 347 g/mol. The Morgan fingerprint density at radius 1 is 1.15 bits per heavy atom. The number of fused-ring (bicyclic) bond motifs is 1. The second-order valence-electron chi connectivity index (χ2n) is 6.55. The average molecular weight is 367 g/mol. The zero-order valence-corrected chi connectivity index (χ0v) is 14.2. The predicted octanol–water partition coefficient (Wildman–Crippen LogP) is 4.37. The van der Waals surface area contributed by atoms with Crippen LogP contribution in [0.4, 0.5) is 19.0 Å². The number of benzene rings is 1. The van der Waals surface area contributed by atoms with Gasteiger partial charge in [0.05, 0.1) is 11.4 Å². The lowest BCUT2D eigenvalue weighted by Crippen LogP contribution is -2.17. The first-order valence-corrected chi connectivity index (χ1v) is 8.85. The molecule has 3 heterocycles. The minimum atomic E-state index is -4.70. The van der Waals surface area contributed by atoms with Crippen molar-refractivity contribution in [1.82, 2.24) is 9.78 Å². The first kappa shape index (κ1) is 17.2. The molecule has 0 radical (unpaired) electrons. The van der Waals surface area contributed by atoms with Crippen molar-refractivity contribution in [2.24, 2.45) is 0 Å². The molecule has 8 heteroatoms. The number of nitrogens with zero attached hydrogens (tertiary/aromatic N) is 2. The number of rotatable bonds is 3. The van der Waals surface area contributed by atoms with Gasteiger partial charge in [0.25, 0.3) is 0 Å². The van der Waals surface area contributed by atoms with E-state index in [0.717, 1.165) is 62.3 Å². The van der Waals surface area contributed by atoms with E-state index in [9.17, 15) is 13.2 Å². The predicted molar refractivity (Wildman–Crippen MR) is 89.6 cm³/mol. The Bertz CT molecular complexity index is 765. The number of halogens is 3. The van der Waals surface area contributed by atoms with E-state index in [1.807, 2.05) is 0 Å². The van der Waals surface area contributed by atoms with Crippen molar-refractivity contribution in [3.05, 3.63) is 35.5 Å². The van der Waals surface area contributed by atoms with Crippen LogP contribution in [0, 0.1) is 0 Å². The maximum absolute atomic E-state index is 12.3. The summed E-state index contributed by atoms with van der Waals surface area (Å²) in [6.45, 7) is 1.59. The first-order chi connectivity index (χ1) is 12.5. The highest BCUT2D eigenvalue weighted by Gasteiger charge is 2.31. The SMILES string of the molecule is FC(F)(F)Oc1ccc(-n2nc(C3CCCO3)c3c2NCCCC3)cc1. The van der Waals surface area contributed by atoms with Gasteiger partial charge >= 0.3 is 6.36 Å². The maximum atomic E-state index is 12.3. The van der Waals surface area contributed by atoms with E-state index in [-0.39, 0.29) is 11.9 Å². The zero-order valence-electron chi connectivity index (χ0n) is 14.2. The molecule has 1 fully saturated rings. The Labute approximate surface area is 149 Å². The van der Waals surface area contributed by atoms with Gasteiger partial charge in [0, 0.05) is 18.7 Å². The van der Waals surface area contributed by atoms with Crippen LogP contribution in [0.2, 0.25) is 0 Å². The smallest absolute Gasteiger partial charge is 0.406 e. The summed E-state index contributed by atoms with van der Waals surface area (Å²) in [4.78, 5) is 0. The molecule has 2 aliphatic rings. The summed E-state index contributed by atoms with van der Waals surface area (Å²) >= 11 is 0. The monoisotopic (exact) mass is 367 g/mol. The van der Waals surface area contributed by atoms with E-state index in [4.69, 9.17) is 9.84 Å². The summed E-state index contributed by atoms with van der Waals surface area (Å²) in [5.41, 5.74) is 2.79. The fourth-order valence-corrected chi connectivity index (χ4v) is 3.56. The topological polar surface area (TPSA) is 48.3 Å². The quantitative estimate of drug-likeness (QED) is 0.875. The second-order valence-corrected chi connectivity index (χ2v) is 6.55. The normalized spacial score (nSPS) is 20.3. The number of hydrogen-bond donors (Lipinski definition) is 1. The molecule has 1 unspecified atom stereocenters. The molecule has 0 spiro atoms. The Kier molecular flexibility index (Phi) is 4.52. The third kappa shape index (κ3) is 3.51. The first-order valence-electron chi connectivity index (χ1n) is 8.85. The fourth-order valence-electron chi connectivity index (χ4n) is 3.56. The molecule has 140 valence electrons. The minimum Gasteiger partial charge on any atom is -0.406 e. The third-order valence-electron chi connectivity index (χ3n) is 4.71. The Hall–Kier alpha value is -2.22. The molecule has 0 bridgehead atoms. The Morgan fingerprint density at radius 3 is 2.65 bits per heavy atom. The molecule has 1 atom stereocenters. The van der Waals surface area contributed by atoms with Crippen LogP contribution in [0.3, 0.4) is 0 Å². The van der Waals surface area contributed by atoms with Crippen LogP contribution < -0.4 is 10.1 Å². The van der Waals surface area contributed by atoms with Crippen molar-refractivity contribution >= 4 is 5.82 Å². The molecule has 4 rings (SSSR count). The van der Waals surface area contributed by atoms with Crippen molar-refractivity contribution in [2.75, 3.05) is 18.5 Å². The summed E-state index contributed by atoms with van der Waals surface area (Å²) in [5, 5.41) is 8.18. The van der Waals surface area contributed by atoms with Crippen LogP contribution >= 0.6 is 0 Å². The molecule has 0 saturated carbocycles. The average Bonchev–Trinajstić information content (AvgIpc) is 3.16. The lowest BCUT2D eigenvalue weighted by atomic mass is 10.0. The highest BCUT2D eigenvalue weighted by atomic mass is 19.4. The van der Waals surface area contributed by atoms with Gasteiger partial charge in [-0.1, -0.05) is 0 Å². The molecule has 26 heavy (non-hydrogen) atoms. The van der Waals surface area contributed by atoms with Gasteiger partial charge in [-0.2, -0.15) is 5.10 Å². The third-order valence-corrected chi connectivity index (χ3v) is 4.71. The summed E-state index contributed by atoms with van der Waals surface area (Å²) < 4.78 is 48.6. The number of ether oxygens (including phenoxy) is 2. The standard InChI is InChI=1S/C18H20F3N3O2/c19-18(20,21)26-13-8-6-12(7-9-13)24-17-14(4-1-2-10-22-17)16(23-24)15-5-3-11-25-15/h6-9,15,22H,1-5,10-11H2. The fraction of sp³-hybridized carbons (Fsp3) is 0.500. The zero-order chi connectivity index (χ0) is 18.1. The maximum Gasteiger partial charge on any atom is 0.573 e. The Balaban J connectivity index is 1.69. The second kappa shape index (κ2) is 6.83. The summed E-state index contributed by atoms with van der Waals surface area (Å²) in [6, 6.07) is 5.78. The van der Waals surface area contributed by atoms with E-state index < -0.39 is 6.36 Å². The van der Waals surface area contributed by atoms with E-state index in [0.29, 0.717) is 5.69 Å². The number of anilines is 1. The van der Waals surface area contributed by atoms with E-state index in [2.05, 4.69) is 10.1 Å². The summed E-state index contributed by atoms with van der Waals surface area (Å²) in [5.74, 6) is 0.671. The number of hydrogen-bond acceptors (Lipinski definition) is 4. The minimum absolute atomic E-state index is 0.00210. The lowest BCUT2D eigenvalue weighted by molar-refractivity contribution is -0.274. The van der Waals surface area contributed by atoms with Crippen molar-refractivity contribution in [3.63, 3.8) is 0 Å². The summed E-state index contributed by atoms with van der Waals surface area (Å²) in [7, 11) is 0. The molecule has 2 aliphatic heterocycles. The van der Waals surface area contributed by atoms with E-state index >= 15 is 0 Å². The van der Waals surface area contributed by atoms with Gasteiger partial charge in [0.2, 0.25) is 0 Å². The molecule has 5 nitrogen and oxygen atoms in total. The Morgan fingerprint density at radius 2 is 1.96 bits per heavy atom. The van der Waals surface area contributed by atoms with Crippen LogP contribution in [0.15, 0.2) is 24.3 Å². The molecule has 0 aliphatic carbocycles. The van der Waals surface area contributed by atoms with Crippen LogP contribution in [-0.4, -0.2) is 29.3 Å². The van der Waals surface area contributed by atoms with Gasteiger partial charge in [-0.05, 0) is 56.4 Å². The van der Waals surface area contributed by atoms with Gasteiger partial charge < -0.3 is 14.8 Å². The van der Waals surface area contributed by atoms with Crippen molar-refractivity contribution in [2.45, 2.75) is 44.6 Å². The van der Waals surface area contributed by atoms with Gasteiger partial charge in [-0.25, -0.2) is 4.68 Å². The van der Waals surface area contributed by atoms with Gasteiger partial charge in [0.15, 0.2) is 0 Å². The van der Waals surface area contributed by atoms with Crippen LogP contribution in [0.25, 0.3) is 5.69 Å². The molecule has 1 N–H and O–H groups in total. The van der Waals surface area contributed by atoms with Crippen LogP contribution in [0.1, 0.15) is 43.0 Å². The highest BCUT2D eigenvalue weighted by molar-refractivity contribution is 5.55. The number of alkyl halides is 3. The largest absolute Gasteiger partial charge is 0.573 e. The summed E-state index contributed by atoms with van der Waals surface area (Å²) in [6.07, 6.45) is 0.330. The van der Waals surface area contributed by atoms with Crippen LogP contribution in [-0.2, 0) is 11.2 Å². The molecular formula is C18H20F3N3O2. The van der Waals surface area contributed by atoms with Crippen molar-refractivity contribution in [3.8, 4) is 11.4 Å². The molecule has 0 amide bonds. The molecule has 2 aromatic rings. The highest BCUT2D eigenvalue weighted by Crippen LogP contribution is 2.36. The van der Waals surface area contributed by atoms with Crippen LogP contribution in [0.5, 0.6) is 5.75 Å². The van der Waals surface area contributed by atoms with E-state index in [1.54, 1.807) is 16.8 Å². The lowest BCUT2D eigenvalue weighted by Gasteiger charge is -2.11. The number of nitrogens with one attached hydrogen (secondary N) is 1.